The summed E-state index contributed by atoms with van der Waals surface area (Å²) in [6.45, 7) is 0. The molecule has 0 atom stereocenters. The van der Waals surface area contributed by atoms with Crippen molar-refractivity contribution in [2.45, 2.75) is 0 Å². The van der Waals surface area contributed by atoms with E-state index >= 15 is 0 Å². The summed E-state index contributed by atoms with van der Waals surface area (Å²) in [7, 11) is 1.27. The largest absolute Gasteiger partial charge is 0.463 e. The molecule has 0 aliphatic carbocycles. The van der Waals surface area contributed by atoms with Crippen molar-refractivity contribution in [1.82, 2.24) is 0 Å². The fraction of sp³-hybridized carbons (Fsp3) is 0.100. The third kappa shape index (κ3) is 1.58. The van der Waals surface area contributed by atoms with E-state index < -0.39 is 5.97 Å². The molecule has 2 aromatic rings. The lowest BCUT2D eigenvalue weighted by molar-refractivity contribution is 0.0568. The monoisotopic (exact) mass is 244 g/mol. The highest BCUT2D eigenvalue weighted by Gasteiger charge is 2.18. The molecule has 0 bridgehead atoms. The SMILES string of the molecule is COC(=O)c1occ2ccc(Cl)c(Cl)c12. The zero-order valence-corrected chi connectivity index (χ0v) is 9.22. The molecule has 0 unspecified atom stereocenters. The molecular formula is C10H6Cl2O3. The Morgan fingerprint density at radius 3 is 2.80 bits per heavy atom. The Balaban J connectivity index is 2.77. The van der Waals surface area contributed by atoms with Gasteiger partial charge in [0.25, 0.3) is 0 Å². The molecule has 0 fully saturated rings. The van der Waals surface area contributed by atoms with Crippen molar-refractivity contribution in [3.8, 4) is 0 Å². The van der Waals surface area contributed by atoms with E-state index in [9.17, 15) is 4.79 Å². The number of hydrogen-bond donors (Lipinski definition) is 0. The Hall–Kier alpha value is -1.19. The Bertz CT molecular complexity index is 531. The van der Waals surface area contributed by atoms with Crippen LogP contribution in [0, 0.1) is 0 Å². The maximum atomic E-state index is 11.3. The number of esters is 1. The number of furan rings is 1. The first-order valence-electron chi connectivity index (χ1n) is 4.08. The van der Waals surface area contributed by atoms with Gasteiger partial charge >= 0.3 is 5.97 Å². The lowest BCUT2D eigenvalue weighted by Crippen LogP contribution is -1.99. The minimum Gasteiger partial charge on any atom is -0.463 e. The highest BCUT2D eigenvalue weighted by Crippen LogP contribution is 2.34. The first-order chi connectivity index (χ1) is 7.15. The molecule has 0 saturated heterocycles. The molecule has 78 valence electrons. The number of rotatable bonds is 1. The maximum absolute atomic E-state index is 11.3. The van der Waals surface area contributed by atoms with E-state index in [1.54, 1.807) is 12.1 Å². The minimum atomic E-state index is -0.575. The molecule has 0 spiro atoms. The second-order valence-corrected chi connectivity index (χ2v) is 3.67. The Morgan fingerprint density at radius 2 is 2.13 bits per heavy atom. The highest BCUT2D eigenvalue weighted by atomic mass is 35.5. The molecule has 0 aliphatic rings. The van der Waals surface area contributed by atoms with Crippen LogP contribution in [-0.2, 0) is 4.74 Å². The number of halogens is 2. The molecule has 15 heavy (non-hydrogen) atoms. The van der Waals surface area contributed by atoms with Gasteiger partial charge in [0.2, 0.25) is 5.76 Å². The van der Waals surface area contributed by atoms with E-state index in [4.69, 9.17) is 27.6 Å². The standard InChI is InChI=1S/C10H6Cl2O3/c1-14-10(13)9-7-5(4-15-9)2-3-6(11)8(7)12/h2-4H,1H3. The molecule has 0 saturated carbocycles. The summed E-state index contributed by atoms with van der Waals surface area (Å²) >= 11 is 11.8. The Morgan fingerprint density at radius 1 is 1.40 bits per heavy atom. The molecule has 0 N–H and O–H groups in total. The fourth-order valence-corrected chi connectivity index (χ4v) is 1.73. The maximum Gasteiger partial charge on any atom is 0.374 e. The van der Waals surface area contributed by atoms with Crippen LogP contribution in [0.5, 0.6) is 0 Å². The molecule has 0 aliphatic heterocycles. The van der Waals surface area contributed by atoms with Crippen molar-refractivity contribution in [3.63, 3.8) is 0 Å². The van der Waals surface area contributed by atoms with E-state index in [-0.39, 0.29) is 5.76 Å². The summed E-state index contributed by atoms with van der Waals surface area (Å²) in [6, 6.07) is 3.36. The molecule has 5 heteroatoms. The van der Waals surface area contributed by atoms with Gasteiger partial charge in [-0.15, -0.1) is 0 Å². The summed E-state index contributed by atoms with van der Waals surface area (Å²) in [6.07, 6.45) is 1.43. The van der Waals surface area contributed by atoms with Gasteiger partial charge in [-0.1, -0.05) is 23.2 Å². The number of benzene rings is 1. The summed E-state index contributed by atoms with van der Waals surface area (Å²) < 4.78 is 9.65. The topological polar surface area (TPSA) is 39.4 Å². The number of fused-ring (bicyclic) bond motifs is 1. The van der Waals surface area contributed by atoms with Crippen LogP contribution < -0.4 is 0 Å². The zero-order chi connectivity index (χ0) is 11.0. The lowest BCUT2D eigenvalue weighted by Gasteiger charge is -1.99. The predicted octanol–water partition coefficient (Wildman–Crippen LogP) is 3.53. The van der Waals surface area contributed by atoms with Crippen LogP contribution in [0.15, 0.2) is 22.8 Å². The molecule has 1 aromatic heterocycles. The van der Waals surface area contributed by atoms with Crippen LogP contribution in [0.2, 0.25) is 10.0 Å². The van der Waals surface area contributed by atoms with Crippen LogP contribution in [0.4, 0.5) is 0 Å². The molecule has 0 amide bonds. The average molecular weight is 245 g/mol. The average Bonchev–Trinajstić information content (AvgIpc) is 2.67. The highest BCUT2D eigenvalue weighted by molar-refractivity contribution is 6.45. The number of carbonyl (C=O) groups excluding carboxylic acids is 1. The van der Waals surface area contributed by atoms with Gasteiger partial charge in [-0.3, -0.25) is 0 Å². The lowest BCUT2D eigenvalue weighted by atomic mass is 10.2. The summed E-state index contributed by atoms with van der Waals surface area (Å²) in [5, 5.41) is 1.86. The molecule has 1 aromatic carbocycles. The smallest absolute Gasteiger partial charge is 0.374 e. The third-order valence-corrected chi connectivity index (χ3v) is 2.83. The van der Waals surface area contributed by atoms with Crippen LogP contribution in [-0.4, -0.2) is 13.1 Å². The number of methoxy groups -OCH3 is 1. The van der Waals surface area contributed by atoms with Crippen molar-refractivity contribution < 1.29 is 13.9 Å². The summed E-state index contributed by atoms with van der Waals surface area (Å²) in [4.78, 5) is 11.3. The van der Waals surface area contributed by atoms with Crippen molar-refractivity contribution in [3.05, 3.63) is 34.2 Å². The Labute approximate surface area is 95.5 Å². The number of ether oxygens (including phenoxy) is 1. The van der Waals surface area contributed by atoms with Gasteiger partial charge < -0.3 is 9.15 Å². The summed E-state index contributed by atoms with van der Waals surface area (Å²) in [5.41, 5.74) is 0. The predicted molar refractivity (Wildman–Crippen MR) is 57.6 cm³/mol. The number of hydrogen-bond acceptors (Lipinski definition) is 3. The normalized spacial score (nSPS) is 10.6. The van der Waals surface area contributed by atoms with Crippen molar-refractivity contribution in [2.75, 3.05) is 7.11 Å². The van der Waals surface area contributed by atoms with E-state index in [1.165, 1.54) is 13.4 Å². The molecule has 2 rings (SSSR count). The second kappa shape index (κ2) is 3.76. The molecule has 3 nitrogen and oxygen atoms in total. The van der Waals surface area contributed by atoms with E-state index in [1.807, 2.05) is 0 Å². The van der Waals surface area contributed by atoms with Gasteiger partial charge in [0.1, 0.15) is 0 Å². The third-order valence-electron chi connectivity index (χ3n) is 2.03. The van der Waals surface area contributed by atoms with Crippen LogP contribution in [0.3, 0.4) is 0 Å². The fourth-order valence-electron chi connectivity index (χ4n) is 1.32. The van der Waals surface area contributed by atoms with E-state index in [0.29, 0.717) is 20.8 Å². The van der Waals surface area contributed by atoms with E-state index in [2.05, 4.69) is 4.74 Å². The van der Waals surface area contributed by atoms with Gasteiger partial charge in [-0.25, -0.2) is 4.79 Å². The van der Waals surface area contributed by atoms with Crippen molar-refractivity contribution in [2.24, 2.45) is 0 Å². The molecular weight excluding hydrogens is 239 g/mol. The van der Waals surface area contributed by atoms with Crippen molar-refractivity contribution in [1.29, 1.82) is 0 Å². The van der Waals surface area contributed by atoms with Crippen LogP contribution in [0.1, 0.15) is 10.6 Å². The van der Waals surface area contributed by atoms with Gasteiger partial charge in [0.15, 0.2) is 0 Å². The molecule has 1 heterocycles. The second-order valence-electron chi connectivity index (χ2n) is 2.88. The van der Waals surface area contributed by atoms with E-state index in [0.717, 1.165) is 0 Å². The van der Waals surface area contributed by atoms with Gasteiger partial charge in [0.05, 0.1) is 28.8 Å². The minimum absolute atomic E-state index is 0.0694. The van der Waals surface area contributed by atoms with Gasteiger partial charge in [-0.2, -0.15) is 0 Å². The summed E-state index contributed by atoms with van der Waals surface area (Å²) in [5.74, 6) is -0.505. The zero-order valence-electron chi connectivity index (χ0n) is 7.71. The molecule has 0 radical (unpaired) electrons. The van der Waals surface area contributed by atoms with Crippen molar-refractivity contribution >= 4 is 39.9 Å². The van der Waals surface area contributed by atoms with Crippen LogP contribution >= 0.6 is 23.2 Å². The first-order valence-corrected chi connectivity index (χ1v) is 4.84. The number of carbonyl (C=O) groups is 1. The first kappa shape index (κ1) is 10.3. The van der Waals surface area contributed by atoms with Crippen LogP contribution in [0.25, 0.3) is 10.8 Å². The van der Waals surface area contributed by atoms with Gasteiger partial charge in [-0.05, 0) is 12.1 Å². The van der Waals surface area contributed by atoms with Gasteiger partial charge in [0, 0.05) is 5.39 Å². The quantitative estimate of drug-likeness (QED) is 0.721. The Kier molecular flexibility index (Phi) is 2.59.